The van der Waals surface area contributed by atoms with E-state index in [1.807, 2.05) is 0 Å². The number of allylic oxidation sites excluding steroid dienone is 2. The summed E-state index contributed by atoms with van der Waals surface area (Å²) in [4.78, 5) is 23.8. The minimum atomic E-state index is -0.555. The Morgan fingerprint density at radius 2 is 1.52 bits per heavy atom. The van der Waals surface area contributed by atoms with Gasteiger partial charge in [0.05, 0.1) is 11.1 Å². The molecule has 1 aliphatic carbocycles. The molecule has 0 aliphatic heterocycles. The normalized spacial score (nSPS) is 13.3. The van der Waals surface area contributed by atoms with Gasteiger partial charge in [-0.15, -0.1) is 0 Å². The molecule has 1 aromatic carbocycles. The summed E-state index contributed by atoms with van der Waals surface area (Å²) in [6.45, 7) is 2.69. The van der Waals surface area contributed by atoms with Crippen molar-refractivity contribution in [1.29, 1.82) is 0 Å². The van der Waals surface area contributed by atoms with Gasteiger partial charge in [0.2, 0.25) is 0 Å². The molecule has 0 saturated carbocycles. The molecule has 0 amide bonds. The SMILES string of the molecule is CCCCCCCNc1c(O)c2c(c(O)c1Cl)C(=O)C=CC2=O. The van der Waals surface area contributed by atoms with E-state index in [1.165, 1.54) is 6.42 Å². The highest BCUT2D eigenvalue weighted by Crippen LogP contribution is 2.46. The highest BCUT2D eigenvalue weighted by atomic mass is 35.5. The number of fused-ring (bicyclic) bond motifs is 1. The number of phenols is 2. The van der Waals surface area contributed by atoms with Gasteiger partial charge in [0.1, 0.15) is 16.5 Å². The van der Waals surface area contributed by atoms with Crippen molar-refractivity contribution in [1.82, 2.24) is 0 Å². The first-order chi connectivity index (χ1) is 11.0. The molecule has 5 nitrogen and oxygen atoms in total. The summed E-state index contributed by atoms with van der Waals surface area (Å²) in [7, 11) is 0. The van der Waals surface area contributed by atoms with Gasteiger partial charge in [-0.2, -0.15) is 0 Å². The van der Waals surface area contributed by atoms with Crippen molar-refractivity contribution < 1.29 is 19.8 Å². The van der Waals surface area contributed by atoms with Crippen molar-refractivity contribution in [3.8, 4) is 11.5 Å². The third kappa shape index (κ3) is 3.50. The molecule has 2 rings (SSSR count). The average Bonchev–Trinajstić information content (AvgIpc) is 2.53. The van der Waals surface area contributed by atoms with Crippen LogP contribution in [0.15, 0.2) is 12.2 Å². The third-order valence-corrected chi connectivity index (χ3v) is 4.22. The lowest BCUT2D eigenvalue weighted by atomic mass is 9.92. The lowest BCUT2D eigenvalue weighted by molar-refractivity contribution is 0.0989. The quantitative estimate of drug-likeness (QED) is 0.396. The van der Waals surface area contributed by atoms with E-state index in [1.54, 1.807) is 0 Å². The van der Waals surface area contributed by atoms with Crippen LogP contribution in [0.4, 0.5) is 5.69 Å². The summed E-state index contributed by atoms with van der Waals surface area (Å²) in [6, 6.07) is 0. The first kappa shape index (κ1) is 17.3. The van der Waals surface area contributed by atoms with Gasteiger partial charge in [-0.3, -0.25) is 9.59 Å². The fourth-order valence-corrected chi connectivity index (χ4v) is 2.85. The van der Waals surface area contributed by atoms with Crippen LogP contribution in [0.1, 0.15) is 59.7 Å². The van der Waals surface area contributed by atoms with Crippen LogP contribution in [-0.2, 0) is 0 Å². The van der Waals surface area contributed by atoms with Gasteiger partial charge in [-0.05, 0) is 18.6 Å². The fraction of sp³-hybridized carbons (Fsp3) is 0.412. The maximum Gasteiger partial charge on any atom is 0.190 e. The molecule has 0 unspecified atom stereocenters. The summed E-state index contributed by atoms with van der Waals surface area (Å²) in [5, 5.41) is 23.2. The molecule has 0 spiro atoms. The minimum absolute atomic E-state index is 0.0925. The van der Waals surface area contributed by atoms with Crippen molar-refractivity contribution in [3.05, 3.63) is 28.3 Å². The van der Waals surface area contributed by atoms with Crippen LogP contribution in [0.5, 0.6) is 11.5 Å². The Labute approximate surface area is 140 Å². The Morgan fingerprint density at radius 1 is 0.957 bits per heavy atom. The zero-order valence-corrected chi connectivity index (χ0v) is 13.7. The molecular weight excluding hydrogens is 318 g/mol. The molecule has 1 aromatic rings. The molecule has 0 aromatic heterocycles. The number of hydrogen-bond acceptors (Lipinski definition) is 5. The molecule has 6 heteroatoms. The number of halogens is 1. The average molecular weight is 338 g/mol. The molecule has 0 saturated heterocycles. The Morgan fingerprint density at radius 3 is 2.13 bits per heavy atom. The number of rotatable bonds is 7. The molecule has 1 aliphatic rings. The van der Waals surface area contributed by atoms with Gasteiger partial charge >= 0.3 is 0 Å². The smallest absolute Gasteiger partial charge is 0.190 e. The van der Waals surface area contributed by atoms with E-state index < -0.39 is 17.3 Å². The first-order valence-corrected chi connectivity index (χ1v) is 8.14. The minimum Gasteiger partial charge on any atom is -0.505 e. The fourth-order valence-electron chi connectivity index (χ4n) is 2.60. The Balaban J connectivity index is 2.22. The summed E-state index contributed by atoms with van der Waals surface area (Å²) < 4.78 is 0. The number of anilines is 1. The maximum absolute atomic E-state index is 11.9. The van der Waals surface area contributed by atoms with Crippen LogP contribution in [-0.4, -0.2) is 28.3 Å². The van der Waals surface area contributed by atoms with Gasteiger partial charge in [-0.25, -0.2) is 0 Å². The number of ketones is 2. The van der Waals surface area contributed by atoms with Crippen LogP contribution >= 0.6 is 11.6 Å². The predicted octanol–water partition coefficient (Wildman–Crippen LogP) is 4.07. The van der Waals surface area contributed by atoms with E-state index >= 15 is 0 Å². The number of carbonyl (C=O) groups is 2. The van der Waals surface area contributed by atoms with Gasteiger partial charge in [0, 0.05) is 6.54 Å². The molecule has 23 heavy (non-hydrogen) atoms. The molecule has 0 radical (unpaired) electrons. The Hall–Kier alpha value is -2.01. The number of nitrogens with one attached hydrogen (secondary N) is 1. The van der Waals surface area contributed by atoms with Gasteiger partial charge in [0.25, 0.3) is 0 Å². The predicted molar refractivity (Wildman–Crippen MR) is 89.8 cm³/mol. The molecule has 124 valence electrons. The maximum atomic E-state index is 11.9. The van der Waals surface area contributed by atoms with Crippen LogP contribution in [0.2, 0.25) is 5.02 Å². The Bertz CT molecular complexity index is 667. The van der Waals surface area contributed by atoms with Crippen molar-refractivity contribution in [3.63, 3.8) is 0 Å². The van der Waals surface area contributed by atoms with E-state index in [-0.39, 0.29) is 27.6 Å². The largest absolute Gasteiger partial charge is 0.505 e. The van der Waals surface area contributed by atoms with Crippen molar-refractivity contribution in [2.24, 2.45) is 0 Å². The Kier molecular flexibility index (Phi) is 5.66. The highest BCUT2D eigenvalue weighted by molar-refractivity contribution is 6.37. The molecular formula is C17H20ClNO4. The number of hydrogen-bond donors (Lipinski definition) is 3. The number of carbonyl (C=O) groups excluding carboxylic acids is 2. The summed E-state index contributed by atoms with van der Waals surface area (Å²) >= 11 is 6.05. The van der Waals surface area contributed by atoms with Gasteiger partial charge in [0.15, 0.2) is 17.3 Å². The number of unbranched alkanes of at least 4 members (excludes halogenated alkanes) is 4. The standard InChI is InChI=1S/C17H20ClNO4/c1-2-3-4-5-6-9-19-15-14(18)16(22)12-10(20)7-8-11(21)13(12)17(15)23/h7-8,19,22-23H,2-6,9H2,1H3. The van der Waals surface area contributed by atoms with E-state index in [9.17, 15) is 19.8 Å². The second kappa shape index (κ2) is 7.51. The molecule has 0 bridgehead atoms. The number of aromatic hydroxyl groups is 2. The van der Waals surface area contributed by atoms with E-state index in [4.69, 9.17) is 11.6 Å². The lowest BCUT2D eigenvalue weighted by Gasteiger charge is -2.18. The van der Waals surface area contributed by atoms with E-state index in [0.717, 1.165) is 37.8 Å². The number of phenolic OH excluding ortho intramolecular Hbond substituents is 2. The second-order valence-electron chi connectivity index (χ2n) is 5.54. The molecule has 0 fully saturated rings. The van der Waals surface area contributed by atoms with Gasteiger partial charge < -0.3 is 15.5 Å². The molecule has 0 atom stereocenters. The van der Waals surface area contributed by atoms with Crippen molar-refractivity contribution >= 4 is 28.9 Å². The second-order valence-corrected chi connectivity index (χ2v) is 5.92. The topological polar surface area (TPSA) is 86.6 Å². The van der Waals surface area contributed by atoms with Crippen LogP contribution in [0, 0.1) is 0 Å². The van der Waals surface area contributed by atoms with Crippen LogP contribution in [0.25, 0.3) is 0 Å². The summed E-state index contributed by atoms with van der Waals surface area (Å²) in [5.74, 6) is -1.95. The summed E-state index contributed by atoms with van der Waals surface area (Å²) in [6.07, 6.45) is 7.51. The highest BCUT2D eigenvalue weighted by Gasteiger charge is 2.31. The third-order valence-electron chi connectivity index (χ3n) is 3.85. The lowest BCUT2D eigenvalue weighted by Crippen LogP contribution is -2.14. The zero-order chi connectivity index (χ0) is 17.0. The van der Waals surface area contributed by atoms with E-state index in [0.29, 0.717) is 6.54 Å². The number of benzene rings is 1. The summed E-state index contributed by atoms with van der Waals surface area (Å²) in [5.41, 5.74) is -0.351. The molecule has 0 heterocycles. The molecule has 3 N–H and O–H groups in total. The van der Waals surface area contributed by atoms with Crippen LogP contribution < -0.4 is 5.32 Å². The zero-order valence-electron chi connectivity index (χ0n) is 13.0. The van der Waals surface area contributed by atoms with Crippen molar-refractivity contribution in [2.75, 3.05) is 11.9 Å². The van der Waals surface area contributed by atoms with Crippen molar-refractivity contribution in [2.45, 2.75) is 39.0 Å². The first-order valence-electron chi connectivity index (χ1n) is 7.77. The van der Waals surface area contributed by atoms with Crippen LogP contribution in [0.3, 0.4) is 0 Å². The van der Waals surface area contributed by atoms with Gasteiger partial charge in [-0.1, -0.05) is 44.2 Å². The monoisotopic (exact) mass is 337 g/mol. The van der Waals surface area contributed by atoms with E-state index in [2.05, 4.69) is 12.2 Å².